The van der Waals surface area contributed by atoms with Crippen molar-refractivity contribution in [2.45, 2.75) is 6.04 Å². The molecule has 1 aromatic heterocycles. The monoisotopic (exact) mass is 334 g/mol. The van der Waals surface area contributed by atoms with Gasteiger partial charge in [0.1, 0.15) is 6.04 Å². The van der Waals surface area contributed by atoms with E-state index < -0.39 is 18.0 Å². The molecular weight excluding hydrogens is 316 g/mol. The highest BCUT2D eigenvalue weighted by atomic mass is 32.2. The Bertz CT molecular complexity index is 765. The summed E-state index contributed by atoms with van der Waals surface area (Å²) in [6.45, 7) is 1.44. The van der Waals surface area contributed by atoms with Gasteiger partial charge in [0, 0.05) is 54.3 Å². The number of aryl methyl sites for hydroxylation is 1. The minimum Gasteiger partial charge on any atom is -0.480 e. The van der Waals surface area contributed by atoms with E-state index in [-0.39, 0.29) is 5.56 Å². The molecule has 0 radical (unpaired) electrons. The molecule has 0 bridgehead atoms. The first-order chi connectivity index (χ1) is 11.0. The number of carboxylic acid groups (broad SMARTS) is 2. The Kier molecular flexibility index (Phi) is 4.32. The number of aromatic carboxylic acids is 1. The van der Waals surface area contributed by atoms with Gasteiger partial charge in [0.2, 0.25) is 0 Å². The lowest BCUT2D eigenvalue weighted by Crippen LogP contribution is -2.39. The third-order valence-corrected chi connectivity index (χ3v) is 5.15. The van der Waals surface area contributed by atoms with E-state index in [2.05, 4.69) is 0 Å². The molecule has 1 fully saturated rings. The van der Waals surface area contributed by atoms with E-state index in [1.807, 2.05) is 28.3 Å². The molecule has 1 aliphatic rings. The summed E-state index contributed by atoms with van der Waals surface area (Å²) in [6, 6.07) is 4.10. The summed E-state index contributed by atoms with van der Waals surface area (Å²) in [5.41, 5.74) is 1.66. The quantitative estimate of drug-likeness (QED) is 0.890. The van der Waals surface area contributed by atoms with Gasteiger partial charge in [-0.15, -0.1) is 0 Å². The molecule has 1 aromatic carbocycles. The largest absolute Gasteiger partial charge is 0.480 e. The zero-order valence-corrected chi connectivity index (χ0v) is 13.5. The molecule has 6 nitrogen and oxygen atoms in total. The Morgan fingerprint density at radius 1 is 1.22 bits per heavy atom. The maximum Gasteiger partial charge on any atom is 0.335 e. The average molecular weight is 334 g/mol. The molecule has 0 aliphatic carbocycles. The summed E-state index contributed by atoms with van der Waals surface area (Å²) in [4.78, 5) is 25.1. The van der Waals surface area contributed by atoms with E-state index in [4.69, 9.17) is 0 Å². The van der Waals surface area contributed by atoms with E-state index in [9.17, 15) is 19.8 Å². The van der Waals surface area contributed by atoms with E-state index in [1.54, 1.807) is 24.4 Å². The molecule has 0 saturated carbocycles. The Balaban J connectivity index is 2.13. The molecule has 0 unspecified atom stereocenters. The first kappa shape index (κ1) is 15.9. The highest BCUT2D eigenvalue weighted by Gasteiger charge is 2.31. The molecule has 0 amide bonds. The van der Waals surface area contributed by atoms with Gasteiger partial charge in [0.05, 0.1) is 5.56 Å². The Labute approximate surface area is 137 Å². The van der Waals surface area contributed by atoms with Crippen LogP contribution in [0.3, 0.4) is 0 Å². The lowest BCUT2D eigenvalue weighted by molar-refractivity contribution is -0.143. The number of nitrogens with zero attached hydrogens (tertiary/aromatic N) is 2. The highest BCUT2D eigenvalue weighted by Crippen LogP contribution is 2.32. The van der Waals surface area contributed by atoms with Crippen LogP contribution < -0.4 is 0 Å². The third-order valence-electron chi connectivity index (χ3n) is 4.21. The van der Waals surface area contributed by atoms with Crippen LogP contribution in [0.15, 0.2) is 24.4 Å². The summed E-state index contributed by atoms with van der Waals surface area (Å²) in [5, 5.41) is 19.6. The number of hydrogen-bond acceptors (Lipinski definition) is 4. The number of hydrogen-bond donors (Lipinski definition) is 2. The predicted octanol–water partition coefficient (Wildman–Crippen LogP) is 2.05. The van der Waals surface area contributed by atoms with Crippen molar-refractivity contribution in [1.29, 1.82) is 0 Å². The van der Waals surface area contributed by atoms with Crippen molar-refractivity contribution in [2.24, 2.45) is 7.05 Å². The predicted molar refractivity (Wildman–Crippen MR) is 89.2 cm³/mol. The van der Waals surface area contributed by atoms with Crippen molar-refractivity contribution in [3.63, 3.8) is 0 Å². The number of aromatic nitrogens is 1. The third kappa shape index (κ3) is 2.94. The SMILES string of the molecule is Cn1cc([C@H](C(=O)O)N2CCSCC2)c2cc(C(=O)O)ccc21. The van der Waals surface area contributed by atoms with Crippen LogP contribution in [0.2, 0.25) is 0 Å². The topological polar surface area (TPSA) is 82.8 Å². The van der Waals surface area contributed by atoms with Crippen LogP contribution in [0.1, 0.15) is 22.0 Å². The van der Waals surface area contributed by atoms with Crippen molar-refractivity contribution < 1.29 is 19.8 Å². The second-order valence-corrected chi connectivity index (χ2v) is 6.85. The molecule has 1 atom stereocenters. The van der Waals surface area contributed by atoms with Crippen molar-refractivity contribution >= 4 is 34.6 Å². The van der Waals surface area contributed by atoms with E-state index >= 15 is 0 Å². The lowest BCUT2D eigenvalue weighted by Gasteiger charge is -2.31. The molecule has 2 N–H and O–H groups in total. The fraction of sp³-hybridized carbons (Fsp3) is 0.375. The molecule has 23 heavy (non-hydrogen) atoms. The number of thioether (sulfide) groups is 1. The zero-order valence-electron chi connectivity index (χ0n) is 12.7. The maximum atomic E-state index is 11.9. The van der Waals surface area contributed by atoms with Gasteiger partial charge in [-0.25, -0.2) is 4.79 Å². The molecule has 122 valence electrons. The number of benzene rings is 1. The van der Waals surface area contributed by atoms with Gasteiger partial charge in [0.25, 0.3) is 0 Å². The van der Waals surface area contributed by atoms with Crippen LogP contribution in [-0.2, 0) is 11.8 Å². The van der Waals surface area contributed by atoms with Crippen LogP contribution >= 0.6 is 11.8 Å². The Hall–Kier alpha value is -1.99. The summed E-state index contributed by atoms with van der Waals surface area (Å²) in [6.07, 6.45) is 1.80. The second-order valence-electron chi connectivity index (χ2n) is 5.62. The molecule has 1 saturated heterocycles. The van der Waals surface area contributed by atoms with E-state index in [1.165, 1.54) is 0 Å². The minimum absolute atomic E-state index is 0.170. The van der Waals surface area contributed by atoms with Gasteiger partial charge in [-0.3, -0.25) is 9.69 Å². The van der Waals surface area contributed by atoms with Crippen molar-refractivity contribution in [3.8, 4) is 0 Å². The Morgan fingerprint density at radius 3 is 2.52 bits per heavy atom. The van der Waals surface area contributed by atoms with Crippen LogP contribution in [0.25, 0.3) is 10.9 Å². The summed E-state index contributed by atoms with van der Waals surface area (Å²) >= 11 is 1.82. The highest BCUT2D eigenvalue weighted by molar-refractivity contribution is 7.99. The van der Waals surface area contributed by atoms with Crippen molar-refractivity contribution in [1.82, 2.24) is 9.47 Å². The second kappa shape index (κ2) is 6.25. The number of carbonyl (C=O) groups is 2. The maximum absolute atomic E-state index is 11.9. The molecule has 1 aliphatic heterocycles. The molecule has 7 heteroatoms. The van der Waals surface area contributed by atoms with Gasteiger partial charge >= 0.3 is 11.9 Å². The van der Waals surface area contributed by atoms with Crippen LogP contribution in [-0.4, -0.2) is 56.2 Å². The first-order valence-electron chi connectivity index (χ1n) is 7.36. The number of rotatable bonds is 4. The van der Waals surface area contributed by atoms with Gasteiger partial charge < -0.3 is 14.8 Å². The summed E-state index contributed by atoms with van der Waals surface area (Å²) in [7, 11) is 1.84. The standard InChI is InChI=1S/C16H18N2O4S/c1-17-9-12(11-8-10(15(19)20)2-3-13(11)17)14(16(21)22)18-4-6-23-7-5-18/h2-3,8-9,14H,4-7H2,1H3,(H,19,20)(H,21,22)/t14-/m1/s1. The summed E-state index contributed by atoms with van der Waals surface area (Å²) < 4.78 is 1.85. The van der Waals surface area contributed by atoms with Gasteiger partial charge in [-0.1, -0.05) is 0 Å². The van der Waals surface area contributed by atoms with Gasteiger partial charge in [0.15, 0.2) is 0 Å². The number of carboxylic acids is 2. The molecule has 2 aromatic rings. The van der Waals surface area contributed by atoms with Gasteiger partial charge in [-0.05, 0) is 18.2 Å². The molecule has 0 spiro atoms. The number of fused-ring (bicyclic) bond motifs is 1. The molecule has 3 rings (SSSR count). The minimum atomic E-state index is -1.01. The Morgan fingerprint density at radius 2 is 1.91 bits per heavy atom. The van der Waals surface area contributed by atoms with Gasteiger partial charge in [-0.2, -0.15) is 11.8 Å². The van der Waals surface area contributed by atoms with Crippen LogP contribution in [0, 0.1) is 0 Å². The molecule has 2 heterocycles. The lowest BCUT2D eigenvalue weighted by atomic mass is 10.0. The van der Waals surface area contributed by atoms with E-state index in [0.717, 1.165) is 30.1 Å². The fourth-order valence-corrected chi connectivity index (χ4v) is 4.03. The summed E-state index contributed by atoms with van der Waals surface area (Å²) in [5.74, 6) is -0.0859. The smallest absolute Gasteiger partial charge is 0.335 e. The van der Waals surface area contributed by atoms with Crippen LogP contribution in [0.4, 0.5) is 0 Å². The number of aliphatic carboxylic acids is 1. The van der Waals surface area contributed by atoms with Crippen LogP contribution in [0.5, 0.6) is 0 Å². The zero-order chi connectivity index (χ0) is 16.6. The van der Waals surface area contributed by atoms with Crippen molar-refractivity contribution in [2.75, 3.05) is 24.6 Å². The first-order valence-corrected chi connectivity index (χ1v) is 8.51. The van der Waals surface area contributed by atoms with E-state index in [0.29, 0.717) is 10.9 Å². The average Bonchev–Trinajstić information content (AvgIpc) is 2.84. The molecular formula is C16H18N2O4S. The fourth-order valence-electron chi connectivity index (χ4n) is 3.10. The van der Waals surface area contributed by atoms with Crippen molar-refractivity contribution in [3.05, 3.63) is 35.5 Å². The normalized spacial score (nSPS) is 17.3.